The van der Waals surface area contributed by atoms with E-state index in [1.54, 1.807) is 0 Å². The molecule has 1 atom stereocenters. The molecule has 0 aromatic heterocycles. The van der Waals surface area contributed by atoms with Gasteiger partial charge in [-0.3, -0.25) is 19.8 Å². The lowest BCUT2D eigenvalue weighted by Gasteiger charge is -2.37. The zero-order valence-electron chi connectivity index (χ0n) is 17.8. The van der Waals surface area contributed by atoms with Crippen LogP contribution in [0.15, 0.2) is 12.1 Å². The first-order valence-corrected chi connectivity index (χ1v) is 11.3. The highest BCUT2D eigenvalue weighted by Crippen LogP contribution is 2.28. The topological polar surface area (TPSA) is 67.9 Å². The summed E-state index contributed by atoms with van der Waals surface area (Å²) >= 11 is 0. The fourth-order valence-corrected chi connectivity index (χ4v) is 4.59. The van der Waals surface area contributed by atoms with Crippen LogP contribution in [0.1, 0.15) is 32.1 Å². The minimum atomic E-state index is -0.749. The molecule has 1 aromatic carbocycles. The van der Waals surface area contributed by atoms with E-state index in [1.807, 2.05) is 4.90 Å². The molecule has 3 saturated heterocycles. The molecular weight excluding hydrogens is 404 g/mol. The van der Waals surface area contributed by atoms with Crippen molar-refractivity contribution in [2.24, 2.45) is 0 Å². The summed E-state index contributed by atoms with van der Waals surface area (Å²) in [5, 5.41) is 4.94. The molecule has 0 spiro atoms. The fourth-order valence-electron chi connectivity index (χ4n) is 4.59. The number of piperazine rings is 1. The Bertz CT molecular complexity index is 807. The molecule has 3 fully saturated rings. The van der Waals surface area contributed by atoms with Crippen molar-refractivity contribution in [3.63, 3.8) is 0 Å². The second-order valence-electron chi connectivity index (χ2n) is 8.66. The number of likely N-dealkylation sites (tertiary alicyclic amines) is 1. The molecule has 2 amide bonds. The first kappa shape index (κ1) is 22.0. The molecular formula is C22H31F2N5O2. The largest absolute Gasteiger partial charge is 0.371 e. The standard InChI is InChI=1S/C22H31F2N5O2/c23-16-15-20(17(24)14-19(16)25-18-4-5-21(30)26-22(18)31)29-12-10-28(11-13-29)9-8-27-6-2-1-3-7-27/h14-15,18,25H,1-13H2,(H,26,30,31). The predicted octanol–water partition coefficient (Wildman–Crippen LogP) is 1.79. The number of carbonyl (C=O) groups excluding carboxylic acids is 2. The number of nitrogens with zero attached hydrogens (tertiary/aromatic N) is 3. The van der Waals surface area contributed by atoms with Gasteiger partial charge in [0.2, 0.25) is 11.8 Å². The molecule has 7 nitrogen and oxygen atoms in total. The van der Waals surface area contributed by atoms with Gasteiger partial charge in [0.15, 0.2) is 0 Å². The highest BCUT2D eigenvalue weighted by atomic mass is 19.1. The quantitative estimate of drug-likeness (QED) is 0.665. The Labute approximate surface area is 181 Å². The number of piperidine rings is 2. The van der Waals surface area contributed by atoms with E-state index < -0.39 is 23.6 Å². The van der Waals surface area contributed by atoms with Crippen molar-refractivity contribution in [1.29, 1.82) is 0 Å². The van der Waals surface area contributed by atoms with E-state index in [4.69, 9.17) is 0 Å². The summed E-state index contributed by atoms with van der Waals surface area (Å²) in [7, 11) is 0. The molecule has 3 heterocycles. The van der Waals surface area contributed by atoms with E-state index >= 15 is 0 Å². The third-order valence-corrected chi connectivity index (χ3v) is 6.50. The third-order valence-electron chi connectivity index (χ3n) is 6.50. The normalized spacial score (nSPS) is 23.7. The van der Waals surface area contributed by atoms with Gasteiger partial charge in [-0.25, -0.2) is 8.78 Å². The van der Waals surface area contributed by atoms with Crippen LogP contribution in [0.5, 0.6) is 0 Å². The first-order valence-electron chi connectivity index (χ1n) is 11.3. The van der Waals surface area contributed by atoms with Crippen molar-refractivity contribution in [3.05, 3.63) is 23.8 Å². The molecule has 1 aromatic rings. The first-order chi connectivity index (χ1) is 15.0. The summed E-state index contributed by atoms with van der Waals surface area (Å²) in [5.74, 6) is -1.98. The zero-order chi connectivity index (χ0) is 21.8. The second kappa shape index (κ2) is 9.91. The summed E-state index contributed by atoms with van der Waals surface area (Å²) in [6.45, 7) is 7.40. The Morgan fingerprint density at radius 3 is 2.26 bits per heavy atom. The number of anilines is 2. The van der Waals surface area contributed by atoms with Gasteiger partial charge in [0.25, 0.3) is 0 Å². The lowest BCUT2D eigenvalue weighted by molar-refractivity contribution is -0.133. The number of rotatable bonds is 6. The van der Waals surface area contributed by atoms with Crippen LogP contribution in [-0.2, 0) is 9.59 Å². The molecule has 9 heteroatoms. The number of carbonyl (C=O) groups is 2. The van der Waals surface area contributed by atoms with Gasteiger partial charge in [-0.1, -0.05) is 6.42 Å². The van der Waals surface area contributed by atoms with E-state index in [9.17, 15) is 18.4 Å². The average molecular weight is 436 g/mol. The van der Waals surface area contributed by atoms with E-state index in [0.29, 0.717) is 13.1 Å². The van der Waals surface area contributed by atoms with Gasteiger partial charge in [-0.15, -0.1) is 0 Å². The molecule has 3 aliphatic heterocycles. The molecule has 0 aliphatic carbocycles. The average Bonchev–Trinajstić information content (AvgIpc) is 2.77. The van der Waals surface area contributed by atoms with Gasteiger partial charge in [0, 0.05) is 57.8 Å². The van der Waals surface area contributed by atoms with Crippen molar-refractivity contribution >= 4 is 23.2 Å². The minimum Gasteiger partial charge on any atom is -0.371 e. The van der Waals surface area contributed by atoms with E-state index in [0.717, 1.165) is 32.2 Å². The maximum absolute atomic E-state index is 14.8. The Hall–Kier alpha value is -2.26. The highest BCUT2D eigenvalue weighted by molar-refractivity contribution is 6.01. The molecule has 2 N–H and O–H groups in total. The molecule has 0 radical (unpaired) electrons. The van der Waals surface area contributed by atoms with Crippen LogP contribution in [0, 0.1) is 11.6 Å². The van der Waals surface area contributed by atoms with Crippen LogP contribution in [0.3, 0.4) is 0 Å². The number of halogens is 2. The second-order valence-corrected chi connectivity index (χ2v) is 8.66. The van der Waals surface area contributed by atoms with Gasteiger partial charge in [0.05, 0.1) is 11.4 Å². The van der Waals surface area contributed by atoms with Crippen LogP contribution in [0.4, 0.5) is 20.2 Å². The Balaban J connectivity index is 1.31. The van der Waals surface area contributed by atoms with Crippen LogP contribution >= 0.6 is 0 Å². The SMILES string of the molecule is O=C1CCC(Nc2cc(F)c(N3CCN(CCN4CCCCC4)CC3)cc2F)C(=O)N1. The van der Waals surface area contributed by atoms with Gasteiger partial charge in [-0.05, 0) is 32.4 Å². The van der Waals surface area contributed by atoms with E-state index in [2.05, 4.69) is 20.4 Å². The summed E-state index contributed by atoms with van der Waals surface area (Å²) < 4.78 is 29.5. The fraction of sp³-hybridized carbons (Fsp3) is 0.636. The predicted molar refractivity (Wildman–Crippen MR) is 115 cm³/mol. The van der Waals surface area contributed by atoms with Crippen LogP contribution in [0.25, 0.3) is 0 Å². The third kappa shape index (κ3) is 5.51. The number of benzene rings is 1. The molecule has 3 aliphatic rings. The summed E-state index contributed by atoms with van der Waals surface area (Å²) in [6, 6.07) is 1.56. The molecule has 0 bridgehead atoms. The zero-order valence-corrected chi connectivity index (χ0v) is 17.8. The lowest BCUT2D eigenvalue weighted by Crippen LogP contribution is -2.49. The van der Waals surface area contributed by atoms with Gasteiger partial charge < -0.3 is 15.1 Å². The smallest absolute Gasteiger partial charge is 0.249 e. The maximum Gasteiger partial charge on any atom is 0.249 e. The summed E-state index contributed by atoms with van der Waals surface area (Å²) in [5.41, 5.74) is 0.193. The molecule has 31 heavy (non-hydrogen) atoms. The Morgan fingerprint density at radius 1 is 0.903 bits per heavy atom. The minimum absolute atomic E-state index is 0.0593. The van der Waals surface area contributed by atoms with Crippen molar-refractivity contribution < 1.29 is 18.4 Å². The van der Waals surface area contributed by atoms with Crippen LogP contribution in [-0.4, -0.2) is 80.0 Å². The van der Waals surface area contributed by atoms with Gasteiger partial charge in [-0.2, -0.15) is 0 Å². The van der Waals surface area contributed by atoms with Crippen molar-refractivity contribution in [2.75, 3.05) is 62.6 Å². The monoisotopic (exact) mass is 435 g/mol. The summed E-state index contributed by atoms with van der Waals surface area (Å²) in [6.07, 6.45) is 4.33. The van der Waals surface area contributed by atoms with Gasteiger partial charge in [0.1, 0.15) is 17.7 Å². The Kier molecular flexibility index (Phi) is 7.02. The van der Waals surface area contributed by atoms with Crippen molar-refractivity contribution in [3.8, 4) is 0 Å². The van der Waals surface area contributed by atoms with E-state index in [1.165, 1.54) is 38.4 Å². The summed E-state index contributed by atoms with van der Waals surface area (Å²) in [4.78, 5) is 29.9. The lowest BCUT2D eigenvalue weighted by atomic mass is 10.1. The number of amides is 2. The van der Waals surface area contributed by atoms with Crippen molar-refractivity contribution in [2.45, 2.75) is 38.1 Å². The van der Waals surface area contributed by atoms with Crippen molar-refractivity contribution in [1.82, 2.24) is 15.1 Å². The highest BCUT2D eigenvalue weighted by Gasteiger charge is 2.28. The molecule has 4 rings (SSSR count). The number of hydrogen-bond donors (Lipinski definition) is 2. The number of imide groups is 1. The molecule has 1 unspecified atom stereocenters. The molecule has 170 valence electrons. The molecule has 0 saturated carbocycles. The van der Waals surface area contributed by atoms with E-state index in [-0.39, 0.29) is 30.1 Å². The Morgan fingerprint density at radius 2 is 1.58 bits per heavy atom. The van der Waals surface area contributed by atoms with Crippen LogP contribution in [0.2, 0.25) is 0 Å². The van der Waals surface area contributed by atoms with Gasteiger partial charge >= 0.3 is 0 Å². The maximum atomic E-state index is 14.8. The number of nitrogens with one attached hydrogen (secondary N) is 2. The number of hydrogen-bond acceptors (Lipinski definition) is 6. The van der Waals surface area contributed by atoms with Crippen LogP contribution < -0.4 is 15.5 Å².